The van der Waals surface area contributed by atoms with Crippen molar-refractivity contribution >= 4 is 15.8 Å². The highest BCUT2D eigenvalue weighted by Gasteiger charge is 2.86. The average molecular weight is 734 g/mol. The Labute approximate surface area is 287 Å². The number of nitrogens with zero attached hydrogens (tertiary/aromatic N) is 1. The van der Waals surface area contributed by atoms with Crippen molar-refractivity contribution in [2.24, 2.45) is 5.16 Å². The van der Waals surface area contributed by atoms with Crippen molar-refractivity contribution in [3.05, 3.63) is 130 Å². The fraction of sp³-hybridized carbons (Fsp3) is 0.216. The summed E-state index contributed by atoms with van der Waals surface area (Å²) in [7, 11) is -7.23. The zero-order chi connectivity index (χ0) is 37.6. The van der Waals surface area contributed by atoms with E-state index in [1.165, 1.54) is 35.9 Å². The van der Waals surface area contributed by atoms with E-state index in [4.69, 9.17) is 0 Å². The van der Waals surface area contributed by atoms with Gasteiger partial charge in [-0.15, -0.1) is 0 Å². The second kappa shape index (κ2) is 12.8. The van der Waals surface area contributed by atoms with E-state index in [1.807, 2.05) is 24.3 Å². The molecular formula is C37H24F9NO3S. The SMILES string of the molecule is CC(C)(C)c1ccc(C#Cc2ccc(C#Cc3ccc4c(c3)/C(=N\OS(=O)(=O)C(F)(F)C(F)(F)C(F)(F)C(F)(F)F)c3ccccc3-4)cc2)cc1. The Hall–Kier alpha value is -5.21. The summed E-state index contributed by atoms with van der Waals surface area (Å²) in [5.74, 6) is -2.95. The second-order valence-electron chi connectivity index (χ2n) is 12.3. The topological polar surface area (TPSA) is 55.7 Å². The van der Waals surface area contributed by atoms with E-state index >= 15 is 0 Å². The molecule has 5 rings (SSSR count). The van der Waals surface area contributed by atoms with Crippen LogP contribution in [0.5, 0.6) is 0 Å². The fourth-order valence-corrected chi connectivity index (χ4v) is 5.56. The minimum atomic E-state index is -7.46. The summed E-state index contributed by atoms with van der Waals surface area (Å²) < 4.78 is 148. The van der Waals surface area contributed by atoms with Crippen molar-refractivity contribution in [1.29, 1.82) is 0 Å². The van der Waals surface area contributed by atoms with Crippen molar-refractivity contribution < 1.29 is 52.2 Å². The molecule has 14 heteroatoms. The average Bonchev–Trinajstić information content (AvgIpc) is 3.37. The third-order valence-electron chi connectivity index (χ3n) is 7.74. The Morgan fingerprint density at radius 2 is 0.980 bits per heavy atom. The van der Waals surface area contributed by atoms with Crippen LogP contribution >= 0.6 is 0 Å². The Morgan fingerprint density at radius 3 is 1.47 bits per heavy atom. The number of alkyl halides is 9. The third kappa shape index (κ3) is 6.93. The summed E-state index contributed by atoms with van der Waals surface area (Å²) in [6.45, 7) is 6.34. The number of hydrogen-bond acceptors (Lipinski definition) is 4. The molecule has 0 bridgehead atoms. The van der Waals surface area contributed by atoms with Gasteiger partial charge in [0.2, 0.25) is 0 Å². The summed E-state index contributed by atoms with van der Waals surface area (Å²) >= 11 is 0. The molecule has 0 saturated heterocycles. The minimum Gasteiger partial charge on any atom is -0.263 e. The second-order valence-corrected chi connectivity index (χ2v) is 13.9. The van der Waals surface area contributed by atoms with Crippen LogP contribution in [-0.2, 0) is 19.8 Å². The van der Waals surface area contributed by atoms with Crippen LogP contribution in [-0.4, -0.2) is 37.4 Å². The molecule has 0 atom stereocenters. The molecule has 51 heavy (non-hydrogen) atoms. The highest BCUT2D eigenvalue weighted by molar-refractivity contribution is 7.87. The van der Waals surface area contributed by atoms with E-state index in [9.17, 15) is 47.9 Å². The normalized spacial score (nSPS) is 14.2. The van der Waals surface area contributed by atoms with Gasteiger partial charge in [0.15, 0.2) is 0 Å². The molecule has 0 saturated carbocycles. The summed E-state index contributed by atoms with van der Waals surface area (Å²) in [6.07, 6.45) is -7.22. The first-order valence-electron chi connectivity index (χ1n) is 14.8. The number of rotatable bonds is 5. The van der Waals surface area contributed by atoms with Gasteiger partial charge in [-0.2, -0.15) is 47.9 Å². The standard InChI is InChI=1S/C37H24F9NO3S/c1-33(2,3)27-19-16-25(17-20-27)13-12-23-8-10-24(11-9-23)14-15-26-18-21-29-28-6-4-5-7-30(28)32(31(29)22-26)47-50-51(48,49)37(45,46)35(40,41)34(38,39)36(42,43)44/h4-11,16-22H,1-3H3/b47-32-. The zero-order valence-electron chi connectivity index (χ0n) is 26.6. The Morgan fingerprint density at radius 1 is 0.549 bits per heavy atom. The quantitative estimate of drug-likeness (QED) is 0.103. The summed E-state index contributed by atoms with van der Waals surface area (Å²) in [5.41, 5.74) is 3.91. The van der Waals surface area contributed by atoms with Gasteiger partial charge in [-0.05, 0) is 70.6 Å². The monoisotopic (exact) mass is 733 g/mol. The van der Waals surface area contributed by atoms with Gasteiger partial charge in [0.25, 0.3) is 0 Å². The van der Waals surface area contributed by atoms with E-state index in [1.54, 1.807) is 36.4 Å². The first kappa shape index (κ1) is 37.1. The van der Waals surface area contributed by atoms with Crippen LogP contribution in [0.15, 0.2) is 96.2 Å². The molecule has 0 heterocycles. The lowest BCUT2D eigenvalue weighted by atomic mass is 9.87. The first-order chi connectivity index (χ1) is 23.6. The Bertz CT molecular complexity index is 2250. The molecular weight excluding hydrogens is 709 g/mol. The maximum atomic E-state index is 14.3. The van der Waals surface area contributed by atoms with Crippen LogP contribution in [0.2, 0.25) is 0 Å². The number of oxime groups is 1. The van der Waals surface area contributed by atoms with Crippen LogP contribution in [0.3, 0.4) is 0 Å². The van der Waals surface area contributed by atoms with Crippen molar-refractivity contribution in [2.75, 3.05) is 0 Å². The lowest BCUT2D eigenvalue weighted by Crippen LogP contribution is -2.63. The lowest BCUT2D eigenvalue weighted by molar-refractivity contribution is -0.382. The van der Waals surface area contributed by atoms with Gasteiger partial charge in [-0.1, -0.05) is 92.1 Å². The van der Waals surface area contributed by atoms with Gasteiger partial charge in [0, 0.05) is 33.4 Å². The van der Waals surface area contributed by atoms with Gasteiger partial charge < -0.3 is 0 Å². The Balaban J connectivity index is 1.40. The predicted octanol–water partition coefficient (Wildman–Crippen LogP) is 9.29. The van der Waals surface area contributed by atoms with Gasteiger partial charge in [-0.25, -0.2) is 0 Å². The molecule has 4 aromatic carbocycles. The molecule has 4 aromatic rings. The highest BCUT2D eigenvalue weighted by Crippen LogP contribution is 2.55. The van der Waals surface area contributed by atoms with Crippen molar-refractivity contribution in [2.45, 2.75) is 49.5 Å². The molecule has 0 amide bonds. The van der Waals surface area contributed by atoms with Crippen LogP contribution in [0.4, 0.5) is 39.5 Å². The smallest absolute Gasteiger partial charge is 0.263 e. The molecule has 0 spiro atoms. The first-order valence-corrected chi connectivity index (χ1v) is 16.2. The van der Waals surface area contributed by atoms with E-state index in [0.29, 0.717) is 22.3 Å². The minimum absolute atomic E-state index is 0.0136. The number of hydrogen-bond donors (Lipinski definition) is 0. The third-order valence-corrected chi connectivity index (χ3v) is 8.90. The van der Waals surface area contributed by atoms with Crippen molar-refractivity contribution in [3.8, 4) is 34.8 Å². The number of fused-ring (bicyclic) bond motifs is 3. The van der Waals surface area contributed by atoms with E-state index in [2.05, 4.69) is 53.9 Å². The molecule has 0 radical (unpaired) electrons. The lowest BCUT2D eigenvalue weighted by Gasteiger charge is -2.31. The molecule has 1 aliphatic rings. The summed E-state index contributed by atoms with van der Waals surface area (Å²) in [5, 5.41) is -4.01. The molecule has 264 valence electrons. The molecule has 0 N–H and O–H groups in total. The number of benzene rings is 4. The van der Waals surface area contributed by atoms with E-state index < -0.39 is 39.1 Å². The van der Waals surface area contributed by atoms with Gasteiger partial charge in [0.05, 0.1) is 0 Å². The maximum Gasteiger partial charge on any atom is 0.460 e. The molecule has 0 aromatic heterocycles. The summed E-state index contributed by atoms with van der Waals surface area (Å²) in [6, 6.07) is 25.2. The van der Waals surface area contributed by atoms with E-state index in [-0.39, 0.29) is 16.5 Å². The van der Waals surface area contributed by atoms with Crippen LogP contribution in [0, 0.1) is 23.7 Å². The number of halogens is 9. The fourth-order valence-electron chi connectivity index (χ4n) is 4.85. The predicted molar refractivity (Wildman–Crippen MR) is 172 cm³/mol. The van der Waals surface area contributed by atoms with Gasteiger partial charge >= 0.3 is 33.4 Å². The maximum absolute atomic E-state index is 14.3. The molecule has 4 nitrogen and oxygen atoms in total. The van der Waals surface area contributed by atoms with E-state index in [0.717, 1.165) is 11.1 Å². The van der Waals surface area contributed by atoms with Crippen molar-refractivity contribution in [3.63, 3.8) is 0 Å². The van der Waals surface area contributed by atoms with Crippen LogP contribution in [0.1, 0.15) is 59.7 Å². The largest absolute Gasteiger partial charge is 0.460 e. The molecule has 0 fully saturated rings. The van der Waals surface area contributed by atoms with Gasteiger partial charge in [-0.3, -0.25) is 4.28 Å². The molecule has 0 unspecified atom stereocenters. The zero-order valence-corrected chi connectivity index (χ0v) is 27.5. The van der Waals surface area contributed by atoms with Crippen LogP contribution in [0.25, 0.3) is 11.1 Å². The van der Waals surface area contributed by atoms with Crippen molar-refractivity contribution in [1.82, 2.24) is 0 Å². The highest BCUT2D eigenvalue weighted by atomic mass is 32.2. The van der Waals surface area contributed by atoms with Gasteiger partial charge in [0.1, 0.15) is 5.71 Å². The summed E-state index contributed by atoms with van der Waals surface area (Å²) in [4.78, 5) is 0. The van der Waals surface area contributed by atoms with Crippen LogP contribution < -0.4 is 0 Å². The molecule has 0 aliphatic heterocycles. The Kier molecular flexibility index (Phi) is 9.33. The molecule has 1 aliphatic carbocycles.